The predicted octanol–water partition coefficient (Wildman–Crippen LogP) is 2.33. The quantitative estimate of drug-likeness (QED) is 0.771. The minimum absolute atomic E-state index is 0.102. The van der Waals surface area contributed by atoms with Crippen LogP contribution in [0.2, 0.25) is 0 Å². The van der Waals surface area contributed by atoms with Crippen LogP contribution in [0.1, 0.15) is 37.0 Å². The number of ketones is 1. The summed E-state index contributed by atoms with van der Waals surface area (Å²) in [6.45, 7) is 3.83. The molecule has 5 nitrogen and oxygen atoms in total. The lowest BCUT2D eigenvalue weighted by molar-refractivity contribution is -0.125. The predicted molar refractivity (Wildman–Crippen MR) is 71.1 cm³/mol. The van der Waals surface area contributed by atoms with Crippen LogP contribution in [0.15, 0.2) is 24.3 Å². The molecule has 102 valence electrons. The number of carbonyl (C=O) groups is 3. The lowest BCUT2D eigenvalue weighted by Crippen LogP contribution is -2.17. The maximum absolute atomic E-state index is 11.6. The Morgan fingerprint density at radius 2 is 1.74 bits per heavy atom. The Morgan fingerprint density at radius 1 is 1.16 bits per heavy atom. The number of aromatic carboxylic acids is 1. The zero-order valence-electron chi connectivity index (χ0n) is 11.0. The highest BCUT2D eigenvalue weighted by Gasteiger charge is 2.11. The normalized spacial score (nSPS) is 10.3. The summed E-state index contributed by atoms with van der Waals surface area (Å²) in [4.78, 5) is 33.7. The summed E-state index contributed by atoms with van der Waals surface area (Å²) in [5.74, 6) is -1.27. The van der Waals surface area contributed by atoms with E-state index in [9.17, 15) is 14.4 Å². The van der Waals surface area contributed by atoms with E-state index in [1.54, 1.807) is 0 Å². The standard InChI is InChI=1S/C14H17NO4/c1-9(2)7-12(16)8-13(17)15-11-5-3-10(4-6-11)14(18)19/h3-6,9H,7-8H2,1-2H3,(H,15,17)(H,18,19). The van der Waals surface area contributed by atoms with Gasteiger partial charge in [-0.05, 0) is 30.2 Å². The maximum atomic E-state index is 11.6. The van der Waals surface area contributed by atoms with Gasteiger partial charge < -0.3 is 10.4 Å². The molecule has 0 spiro atoms. The number of nitrogens with one attached hydrogen (secondary N) is 1. The molecular formula is C14H17NO4. The minimum Gasteiger partial charge on any atom is -0.478 e. The van der Waals surface area contributed by atoms with Crippen molar-refractivity contribution in [3.63, 3.8) is 0 Å². The fourth-order valence-electron chi connectivity index (χ4n) is 1.61. The Balaban J connectivity index is 2.53. The van der Waals surface area contributed by atoms with Crippen LogP contribution in [-0.4, -0.2) is 22.8 Å². The highest BCUT2D eigenvalue weighted by atomic mass is 16.4. The highest BCUT2D eigenvalue weighted by molar-refractivity contribution is 6.04. The molecule has 1 aromatic carbocycles. The van der Waals surface area contributed by atoms with Crippen LogP contribution in [0.4, 0.5) is 5.69 Å². The summed E-state index contributed by atoms with van der Waals surface area (Å²) >= 11 is 0. The molecule has 1 amide bonds. The maximum Gasteiger partial charge on any atom is 0.335 e. The number of carboxylic acid groups (broad SMARTS) is 1. The molecule has 0 fully saturated rings. The van der Waals surface area contributed by atoms with Crippen LogP contribution in [0.3, 0.4) is 0 Å². The molecule has 0 saturated heterocycles. The number of Topliss-reactive ketones (excluding diaryl/α,β-unsaturated/α-hetero) is 1. The third-order valence-electron chi connectivity index (χ3n) is 2.41. The second-order valence-corrected chi connectivity index (χ2v) is 4.74. The van der Waals surface area contributed by atoms with Gasteiger partial charge in [-0.2, -0.15) is 0 Å². The topological polar surface area (TPSA) is 83.5 Å². The third kappa shape index (κ3) is 5.33. The summed E-state index contributed by atoms with van der Waals surface area (Å²) in [6, 6.07) is 5.78. The van der Waals surface area contributed by atoms with Crippen molar-refractivity contribution in [3.8, 4) is 0 Å². The fourth-order valence-corrected chi connectivity index (χ4v) is 1.61. The van der Waals surface area contributed by atoms with Crippen molar-refractivity contribution in [2.45, 2.75) is 26.7 Å². The first kappa shape index (κ1) is 14.9. The molecule has 5 heteroatoms. The molecule has 0 aliphatic heterocycles. The first-order chi connectivity index (χ1) is 8.88. The monoisotopic (exact) mass is 263 g/mol. The molecule has 1 rings (SSSR count). The lowest BCUT2D eigenvalue weighted by Gasteiger charge is -2.06. The molecule has 0 atom stereocenters. The van der Waals surface area contributed by atoms with Gasteiger partial charge in [-0.3, -0.25) is 9.59 Å². The van der Waals surface area contributed by atoms with Gasteiger partial charge in [0.25, 0.3) is 0 Å². The Kier molecular flexibility index (Phi) is 5.23. The summed E-state index contributed by atoms with van der Waals surface area (Å²) < 4.78 is 0. The van der Waals surface area contributed by atoms with Gasteiger partial charge in [0.2, 0.25) is 5.91 Å². The first-order valence-corrected chi connectivity index (χ1v) is 6.03. The summed E-state index contributed by atoms with van der Waals surface area (Å²) in [5, 5.41) is 11.3. The molecule has 19 heavy (non-hydrogen) atoms. The molecule has 0 aliphatic rings. The van der Waals surface area contributed by atoms with Gasteiger partial charge in [0.05, 0.1) is 12.0 Å². The van der Waals surface area contributed by atoms with E-state index in [-0.39, 0.29) is 29.6 Å². The molecule has 2 N–H and O–H groups in total. The van der Waals surface area contributed by atoms with Gasteiger partial charge in [-0.1, -0.05) is 13.8 Å². The van der Waals surface area contributed by atoms with E-state index in [1.165, 1.54) is 24.3 Å². The van der Waals surface area contributed by atoms with Gasteiger partial charge in [0, 0.05) is 12.1 Å². The van der Waals surface area contributed by atoms with E-state index in [2.05, 4.69) is 5.32 Å². The van der Waals surface area contributed by atoms with Gasteiger partial charge in [-0.25, -0.2) is 4.79 Å². The van der Waals surface area contributed by atoms with Crippen molar-refractivity contribution in [1.82, 2.24) is 0 Å². The second-order valence-electron chi connectivity index (χ2n) is 4.74. The zero-order chi connectivity index (χ0) is 14.4. The van der Waals surface area contributed by atoms with Crippen LogP contribution < -0.4 is 5.32 Å². The number of rotatable bonds is 6. The molecular weight excluding hydrogens is 246 g/mol. The van der Waals surface area contributed by atoms with Crippen molar-refractivity contribution < 1.29 is 19.5 Å². The van der Waals surface area contributed by atoms with E-state index in [4.69, 9.17) is 5.11 Å². The Morgan fingerprint density at radius 3 is 2.21 bits per heavy atom. The van der Waals surface area contributed by atoms with Crippen molar-refractivity contribution >= 4 is 23.3 Å². The molecule has 0 aromatic heterocycles. The van der Waals surface area contributed by atoms with Crippen molar-refractivity contribution in [2.24, 2.45) is 5.92 Å². The van der Waals surface area contributed by atoms with Crippen molar-refractivity contribution in [2.75, 3.05) is 5.32 Å². The highest BCUT2D eigenvalue weighted by Crippen LogP contribution is 2.10. The second kappa shape index (κ2) is 6.68. The average Bonchev–Trinajstić information content (AvgIpc) is 2.27. The summed E-state index contributed by atoms with van der Waals surface area (Å²) in [5.41, 5.74) is 0.626. The van der Waals surface area contributed by atoms with Crippen LogP contribution in [0.5, 0.6) is 0 Å². The van der Waals surface area contributed by atoms with Crippen molar-refractivity contribution in [3.05, 3.63) is 29.8 Å². The molecule has 0 radical (unpaired) electrons. The molecule has 0 aliphatic carbocycles. The lowest BCUT2D eigenvalue weighted by atomic mass is 10.1. The number of carboxylic acids is 1. The van der Waals surface area contributed by atoms with Gasteiger partial charge in [-0.15, -0.1) is 0 Å². The van der Waals surface area contributed by atoms with E-state index in [1.807, 2.05) is 13.8 Å². The van der Waals surface area contributed by atoms with Crippen molar-refractivity contribution in [1.29, 1.82) is 0 Å². The first-order valence-electron chi connectivity index (χ1n) is 6.03. The van der Waals surface area contributed by atoms with E-state index in [0.29, 0.717) is 12.1 Å². The van der Waals surface area contributed by atoms with Gasteiger partial charge >= 0.3 is 5.97 Å². The van der Waals surface area contributed by atoms with E-state index < -0.39 is 5.97 Å². The van der Waals surface area contributed by atoms with Gasteiger partial charge in [0.1, 0.15) is 5.78 Å². The number of hydrogen-bond acceptors (Lipinski definition) is 3. The SMILES string of the molecule is CC(C)CC(=O)CC(=O)Nc1ccc(C(=O)O)cc1. The molecule has 0 unspecified atom stereocenters. The largest absolute Gasteiger partial charge is 0.478 e. The number of benzene rings is 1. The molecule has 1 aromatic rings. The number of anilines is 1. The van der Waals surface area contributed by atoms with Crippen LogP contribution in [0, 0.1) is 5.92 Å². The zero-order valence-corrected chi connectivity index (χ0v) is 11.0. The molecule has 0 heterocycles. The summed E-state index contributed by atoms with van der Waals surface area (Å²) in [7, 11) is 0. The van der Waals surface area contributed by atoms with E-state index in [0.717, 1.165) is 0 Å². The molecule has 0 bridgehead atoms. The number of amides is 1. The average molecular weight is 263 g/mol. The Labute approximate surface area is 111 Å². The number of hydrogen-bond donors (Lipinski definition) is 2. The van der Waals surface area contributed by atoms with Crippen LogP contribution in [-0.2, 0) is 9.59 Å². The van der Waals surface area contributed by atoms with E-state index >= 15 is 0 Å². The Hall–Kier alpha value is -2.17. The van der Waals surface area contributed by atoms with Crippen LogP contribution in [0.25, 0.3) is 0 Å². The summed E-state index contributed by atoms with van der Waals surface area (Å²) in [6.07, 6.45) is 0.226. The van der Waals surface area contributed by atoms with Crippen LogP contribution >= 0.6 is 0 Å². The Bertz CT molecular complexity index is 477. The number of carbonyl (C=O) groups excluding carboxylic acids is 2. The smallest absolute Gasteiger partial charge is 0.335 e. The third-order valence-corrected chi connectivity index (χ3v) is 2.41. The fraction of sp³-hybridized carbons (Fsp3) is 0.357. The molecule has 0 saturated carbocycles. The van der Waals surface area contributed by atoms with Gasteiger partial charge in [0.15, 0.2) is 0 Å². The minimum atomic E-state index is -1.02.